The van der Waals surface area contributed by atoms with E-state index in [2.05, 4.69) is 18.7 Å². The van der Waals surface area contributed by atoms with Gasteiger partial charge in [-0.25, -0.2) is 0 Å². The number of benzene rings is 1. The SMILES string of the molecule is C=C(O[C@@H]1CCCO[C@H]1CCOCc1ccccc1)[C@@H]1COC2(CCCCC2)O1. The van der Waals surface area contributed by atoms with Gasteiger partial charge in [-0.05, 0) is 31.2 Å². The van der Waals surface area contributed by atoms with Crippen LogP contribution in [0.15, 0.2) is 42.7 Å². The second-order valence-electron chi connectivity index (χ2n) is 8.39. The van der Waals surface area contributed by atoms with Gasteiger partial charge in [0, 0.05) is 32.5 Å². The number of hydrogen-bond acceptors (Lipinski definition) is 5. The maximum atomic E-state index is 6.26. The quantitative estimate of drug-likeness (QED) is 0.464. The van der Waals surface area contributed by atoms with Crippen molar-refractivity contribution in [3.8, 4) is 0 Å². The largest absolute Gasteiger partial charge is 0.490 e. The van der Waals surface area contributed by atoms with Crippen molar-refractivity contribution in [2.45, 2.75) is 82.1 Å². The first kappa shape index (κ1) is 20.9. The van der Waals surface area contributed by atoms with E-state index in [4.69, 9.17) is 23.7 Å². The second kappa shape index (κ2) is 10.1. The molecular formula is C24H34O5. The molecule has 1 aromatic rings. The first-order valence-electron chi connectivity index (χ1n) is 11.1. The van der Waals surface area contributed by atoms with Crippen molar-refractivity contribution in [3.63, 3.8) is 0 Å². The normalized spacial score (nSPS) is 29.0. The van der Waals surface area contributed by atoms with Crippen molar-refractivity contribution >= 4 is 0 Å². The molecule has 2 saturated heterocycles. The Morgan fingerprint density at radius 2 is 1.93 bits per heavy atom. The van der Waals surface area contributed by atoms with Crippen LogP contribution in [0.3, 0.4) is 0 Å². The van der Waals surface area contributed by atoms with Crippen LogP contribution in [0.2, 0.25) is 0 Å². The van der Waals surface area contributed by atoms with Gasteiger partial charge in [-0.2, -0.15) is 0 Å². The summed E-state index contributed by atoms with van der Waals surface area (Å²) in [5.74, 6) is 0.279. The smallest absolute Gasteiger partial charge is 0.169 e. The van der Waals surface area contributed by atoms with Crippen LogP contribution in [0, 0.1) is 0 Å². The zero-order chi connectivity index (χ0) is 19.9. The fraction of sp³-hybridized carbons (Fsp3) is 0.667. The first-order valence-corrected chi connectivity index (χ1v) is 11.1. The zero-order valence-electron chi connectivity index (χ0n) is 17.4. The average Bonchev–Trinajstić information content (AvgIpc) is 3.17. The van der Waals surface area contributed by atoms with Gasteiger partial charge in [-0.15, -0.1) is 0 Å². The predicted octanol–water partition coefficient (Wildman–Crippen LogP) is 4.75. The molecule has 1 spiro atoms. The lowest BCUT2D eigenvalue weighted by molar-refractivity contribution is -0.189. The highest BCUT2D eigenvalue weighted by atomic mass is 16.8. The van der Waals surface area contributed by atoms with E-state index in [9.17, 15) is 0 Å². The molecule has 1 aliphatic carbocycles. The number of ether oxygens (including phenoxy) is 5. The van der Waals surface area contributed by atoms with E-state index in [0.29, 0.717) is 25.6 Å². The summed E-state index contributed by atoms with van der Waals surface area (Å²) in [5, 5.41) is 0. The van der Waals surface area contributed by atoms with Gasteiger partial charge in [0.15, 0.2) is 5.79 Å². The van der Waals surface area contributed by atoms with Gasteiger partial charge in [0.25, 0.3) is 0 Å². The molecular weight excluding hydrogens is 368 g/mol. The Bertz CT molecular complexity index is 640. The van der Waals surface area contributed by atoms with Crippen LogP contribution in [0.5, 0.6) is 0 Å². The molecule has 1 aromatic carbocycles. The Labute approximate surface area is 174 Å². The topological polar surface area (TPSA) is 46.2 Å². The van der Waals surface area contributed by atoms with Gasteiger partial charge < -0.3 is 23.7 Å². The van der Waals surface area contributed by atoms with Crippen LogP contribution in [-0.2, 0) is 30.3 Å². The Morgan fingerprint density at radius 3 is 2.76 bits per heavy atom. The van der Waals surface area contributed by atoms with Crippen molar-refractivity contribution in [1.82, 2.24) is 0 Å². The molecule has 5 nitrogen and oxygen atoms in total. The molecule has 2 aliphatic heterocycles. The summed E-state index contributed by atoms with van der Waals surface area (Å²) in [6.07, 6.45) is 8.21. The third kappa shape index (κ3) is 5.60. The molecule has 0 amide bonds. The zero-order valence-corrected chi connectivity index (χ0v) is 17.4. The molecule has 5 heteroatoms. The van der Waals surface area contributed by atoms with Crippen molar-refractivity contribution in [2.24, 2.45) is 0 Å². The fourth-order valence-corrected chi connectivity index (χ4v) is 4.52. The van der Waals surface area contributed by atoms with Crippen molar-refractivity contribution in [1.29, 1.82) is 0 Å². The van der Waals surface area contributed by atoms with Gasteiger partial charge in [0.1, 0.15) is 18.0 Å². The molecule has 0 unspecified atom stereocenters. The molecule has 1 saturated carbocycles. The Hall–Kier alpha value is -1.40. The molecule has 3 atom stereocenters. The van der Waals surface area contributed by atoms with E-state index in [1.54, 1.807) is 0 Å². The summed E-state index contributed by atoms with van der Waals surface area (Å²) in [7, 11) is 0. The third-order valence-electron chi connectivity index (χ3n) is 6.17. The van der Waals surface area contributed by atoms with Gasteiger partial charge in [0.05, 0.1) is 19.3 Å². The van der Waals surface area contributed by atoms with E-state index in [1.165, 1.54) is 24.8 Å². The van der Waals surface area contributed by atoms with E-state index in [-0.39, 0.29) is 18.3 Å². The summed E-state index contributed by atoms with van der Waals surface area (Å²) in [6, 6.07) is 10.2. The molecule has 0 radical (unpaired) electrons. The first-order chi connectivity index (χ1) is 14.2. The van der Waals surface area contributed by atoms with Crippen LogP contribution in [0.25, 0.3) is 0 Å². The van der Waals surface area contributed by atoms with Crippen LogP contribution < -0.4 is 0 Å². The summed E-state index contributed by atoms with van der Waals surface area (Å²) in [4.78, 5) is 0. The van der Waals surface area contributed by atoms with E-state index >= 15 is 0 Å². The Kier molecular flexibility index (Phi) is 7.24. The highest BCUT2D eigenvalue weighted by molar-refractivity contribution is 5.13. The van der Waals surface area contributed by atoms with E-state index in [0.717, 1.165) is 38.7 Å². The molecule has 2 heterocycles. The van der Waals surface area contributed by atoms with Crippen LogP contribution >= 0.6 is 0 Å². The summed E-state index contributed by atoms with van der Waals surface area (Å²) in [5.41, 5.74) is 1.19. The van der Waals surface area contributed by atoms with Crippen molar-refractivity contribution < 1.29 is 23.7 Å². The number of rotatable bonds is 8. The minimum atomic E-state index is -0.400. The van der Waals surface area contributed by atoms with Crippen LogP contribution in [-0.4, -0.2) is 43.9 Å². The summed E-state index contributed by atoms with van der Waals surface area (Å²) < 4.78 is 30.4. The van der Waals surface area contributed by atoms with E-state index in [1.807, 2.05) is 18.2 Å². The second-order valence-corrected chi connectivity index (χ2v) is 8.39. The third-order valence-corrected chi connectivity index (χ3v) is 6.17. The van der Waals surface area contributed by atoms with Gasteiger partial charge >= 0.3 is 0 Å². The van der Waals surface area contributed by atoms with Crippen molar-refractivity contribution in [2.75, 3.05) is 19.8 Å². The molecule has 160 valence electrons. The Morgan fingerprint density at radius 1 is 1.10 bits per heavy atom. The van der Waals surface area contributed by atoms with Crippen molar-refractivity contribution in [3.05, 3.63) is 48.2 Å². The molecule has 4 rings (SSSR count). The maximum Gasteiger partial charge on any atom is 0.169 e. The fourth-order valence-electron chi connectivity index (χ4n) is 4.52. The van der Waals surface area contributed by atoms with Gasteiger partial charge in [-0.3, -0.25) is 0 Å². The van der Waals surface area contributed by atoms with E-state index < -0.39 is 5.79 Å². The number of hydrogen-bond donors (Lipinski definition) is 0. The maximum absolute atomic E-state index is 6.26. The van der Waals surface area contributed by atoms with Crippen LogP contribution in [0.1, 0.15) is 56.9 Å². The van der Waals surface area contributed by atoms with Gasteiger partial charge in [0.2, 0.25) is 0 Å². The highest BCUT2D eigenvalue weighted by Gasteiger charge is 2.44. The lowest BCUT2D eigenvalue weighted by atomic mass is 9.94. The molecule has 0 bridgehead atoms. The highest BCUT2D eigenvalue weighted by Crippen LogP contribution is 2.39. The average molecular weight is 403 g/mol. The molecule has 0 aromatic heterocycles. The summed E-state index contributed by atoms with van der Waals surface area (Å²) in [6.45, 7) is 6.76. The van der Waals surface area contributed by atoms with Crippen LogP contribution in [0.4, 0.5) is 0 Å². The minimum absolute atomic E-state index is 0.00285. The molecule has 0 N–H and O–H groups in total. The lowest BCUT2D eigenvalue weighted by Gasteiger charge is -2.34. The molecule has 29 heavy (non-hydrogen) atoms. The Balaban J connectivity index is 1.22. The predicted molar refractivity (Wildman–Crippen MR) is 110 cm³/mol. The molecule has 3 fully saturated rings. The van der Waals surface area contributed by atoms with Gasteiger partial charge in [-0.1, -0.05) is 43.3 Å². The lowest BCUT2D eigenvalue weighted by Crippen LogP contribution is -2.38. The summed E-state index contributed by atoms with van der Waals surface area (Å²) >= 11 is 0. The minimum Gasteiger partial charge on any atom is -0.490 e. The molecule has 3 aliphatic rings. The standard InChI is InChI=1S/C24H34O5/c1-19(23-18-27-24(29-23)13-6-3-7-14-24)28-22-11-8-15-26-21(22)12-16-25-17-20-9-4-2-5-10-20/h2,4-5,9-10,21-23H,1,3,6-8,11-18H2/t21-,22+,23-/m0/s1. The monoisotopic (exact) mass is 402 g/mol.